The zero-order chi connectivity index (χ0) is 16.7. The van der Waals surface area contributed by atoms with E-state index in [4.69, 9.17) is 9.47 Å². The third-order valence-electron chi connectivity index (χ3n) is 3.27. The maximum absolute atomic E-state index is 12.2. The van der Waals surface area contributed by atoms with Gasteiger partial charge in [-0.3, -0.25) is 4.79 Å². The maximum Gasteiger partial charge on any atom is 0.265 e. The van der Waals surface area contributed by atoms with Crippen molar-refractivity contribution in [2.45, 2.75) is 33.3 Å². The molecule has 0 spiro atoms. The molecule has 1 N–H and O–H groups in total. The molecule has 2 rings (SSSR count). The average molecular weight is 313 g/mol. The highest BCUT2D eigenvalue weighted by atomic mass is 16.5. The van der Waals surface area contributed by atoms with Gasteiger partial charge in [0.2, 0.25) is 0 Å². The molecule has 0 heterocycles. The van der Waals surface area contributed by atoms with Gasteiger partial charge in [0.05, 0.1) is 6.61 Å². The van der Waals surface area contributed by atoms with E-state index in [0.29, 0.717) is 12.4 Å². The largest absolute Gasteiger partial charge is 0.494 e. The van der Waals surface area contributed by atoms with Crippen LogP contribution in [0.3, 0.4) is 0 Å². The summed E-state index contributed by atoms with van der Waals surface area (Å²) in [6, 6.07) is 15.0. The van der Waals surface area contributed by atoms with E-state index in [1.54, 1.807) is 6.92 Å². The molecular formula is C19H23NO3. The molecule has 122 valence electrons. The lowest BCUT2D eigenvalue weighted by Crippen LogP contribution is -2.30. The van der Waals surface area contributed by atoms with Crippen molar-refractivity contribution in [3.05, 3.63) is 54.1 Å². The minimum Gasteiger partial charge on any atom is -0.494 e. The Morgan fingerprint density at radius 3 is 2.52 bits per heavy atom. The molecule has 1 amide bonds. The number of nitrogens with one attached hydrogen (secondary N) is 1. The molecule has 4 nitrogen and oxygen atoms in total. The second-order valence-electron chi connectivity index (χ2n) is 5.44. The van der Waals surface area contributed by atoms with Crippen LogP contribution < -0.4 is 14.8 Å². The fraction of sp³-hybridized carbons (Fsp3) is 0.316. The summed E-state index contributed by atoms with van der Waals surface area (Å²) in [5, 5.41) is 2.84. The second kappa shape index (κ2) is 8.22. The lowest BCUT2D eigenvalue weighted by atomic mass is 10.2. The van der Waals surface area contributed by atoms with Gasteiger partial charge >= 0.3 is 0 Å². The van der Waals surface area contributed by atoms with Crippen LogP contribution in [-0.2, 0) is 4.79 Å². The molecule has 2 aromatic carbocycles. The molecule has 0 radical (unpaired) electrons. The number of rotatable bonds is 7. The second-order valence-corrected chi connectivity index (χ2v) is 5.44. The van der Waals surface area contributed by atoms with Crippen molar-refractivity contribution >= 4 is 11.6 Å². The lowest BCUT2D eigenvalue weighted by Gasteiger charge is -2.15. The molecule has 4 heteroatoms. The molecule has 0 aliphatic rings. The Hall–Kier alpha value is -2.49. The van der Waals surface area contributed by atoms with Crippen molar-refractivity contribution in [1.29, 1.82) is 0 Å². The number of aryl methyl sites for hydroxylation is 1. The summed E-state index contributed by atoms with van der Waals surface area (Å²) in [5.74, 6) is 1.30. The molecule has 2 aromatic rings. The number of benzene rings is 2. The van der Waals surface area contributed by atoms with E-state index in [-0.39, 0.29) is 5.91 Å². The number of carbonyl (C=O) groups excluding carboxylic acids is 1. The molecule has 0 aromatic heterocycles. The molecule has 0 aliphatic carbocycles. The van der Waals surface area contributed by atoms with E-state index in [0.717, 1.165) is 23.4 Å². The number of carbonyl (C=O) groups is 1. The first-order valence-electron chi connectivity index (χ1n) is 7.85. The first kappa shape index (κ1) is 16.9. The molecule has 0 saturated carbocycles. The first-order chi connectivity index (χ1) is 11.1. The van der Waals surface area contributed by atoms with E-state index in [9.17, 15) is 4.79 Å². The van der Waals surface area contributed by atoms with Gasteiger partial charge in [-0.15, -0.1) is 0 Å². The van der Waals surface area contributed by atoms with Gasteiger partial charge in [0.15, 0.2) is 6.10 Å². The van der Waals surface area contributed by atoms with Crippen molar-refractivity contribution in [1.82, 2.24) is 0 Å². The van der Waals surface area contributed by atoms with Crippen molar-refractivity contribution < 1.29 is 14.3 Å². The minimum atomic E-state index is -0.576. The van der Waals surface area contributed by atoms with Crippen LogP contribution >= 0.6 is 0 Å². The number of anilines is 1. The first-order valence-corrected chi connectivity index (χ1v) is 7.85. The molecule has 1 atom stereocenters. The fourth-order valence-corrected chi connectivity index (χ4v) is 2.04. The van der Waals surface area contributed by atoms with Crippen molar-refractivity contribution in [3.63, 3.8) is 0 Å². The predicted octanol–water partition coefficient (Wildman–Crippen LogP) is 4.19. The Morgan fingerprint density at radius 2 is 1.87 bits per heavy atom. The summed E-state index contributed by atoms with van der Waals surface area (Å²) in [6.07, 6.45) is 0.388. The summed E-state index contributed by atoms with van der Waals surface area (Å²) < 4.78 is 11.2. The highest BCUT2D eigenvalue weighted by molar-refractivity contribution is 5.94. The Labute approximate surface area is 137 Å². The van der Waals surface area contributed by atoms with Crippen molar-refractivity contribution in [2.75, 3.05) is 11.9 Å². The third kappa shape index (κ3) is 5.33. The number of ether oxygens (including phenoxy) is 2. The SMILES string of the molecule is CCCOc1ccc(NC(=O)C(C)Oc2cccc(C)c2)cc1. The highest BCUT2D eigenvalue weighted by Crippen LogP contribution is 2.18. The Balaban J connectivity index is 1.90. The van der Waals surface area contributed by atoms with Crippen LogP contribution in [0.5, 0.6) is 11.5 Å². The van der Waals surface area contributed by atoms with Gasteiger partial charge in [0.1, 0.15) is 11.5 Å². The molecule has 23 heavy (non-hydrogen) atoms. The number of amides is 1. The average Bonchev–Trinajstić information content (AvgIpc) is 2.54. The van der Waals surface area contributed by atoms with Gasteiger partial charge in [-0.05, 0) is 62.2 Å². The Bertz CT molecular complexity index is 637. The van der Waals surface area contributed by atoms with Gasteiger partial charge in [-0.1, -0.05) is 19.1 Å². The normalized spacial score (nSPS) is 11.6. The van der Waals surface area contributed by atoms with Crippen LogP contribution in [0, 0.1) is 6.92 Å². The van der Waals surface area contributed by atoms with Crippen LogP contribution in [0.4, 0.5) is 5.69 Å². The molecule has 1 unspecified atom stereocenters. The topological polar surface area (TPSA) is 47.6 Å². The van der Waals surface area contributed by atoms with Crippen LogP contribution in [0.1, 0.15) is 25.8 Å². The summed E-state index contributed by atoms with van der Waals surface area (Å²) in [5.41, 5.74) is 1.82. The molecule has 0 aliphatic heterocycles. The third-order valence-corrected chi connectivity index (χ3v) is 3.27. The highest BCUT2D eigenvalue weighted by Gasteiger charge is 2.14. The van der Waals surface area contributed by atoms with Crippen LogP contribution in [0.15, 0.2) is 48.5 Å². The zero-order valence-electron chi connectivity index (χ0n) is 13.8. The monoisotopic (exact) mass is 313 g/mol. The van der Waals surface area contributed by atoms with Gasteiger partial charge in [-0.25, -0.2) is 0 Å². The Kier molecular flexibility index (Phi) is 6.03. The summed E-state index contributed by atoms with van der Waals surface area (Å²) in [6.45, 7) is 6.47. The minimum absolute atomic E-state index is 0.186. The van der Waals surface area contributed by atoms with Crippen molar-refractivity contribution in [2.24, 2.45) is 0 Å². The zero-order valence-corrected chi connectivity index (χ0v) is 13.8. The predicted molar refractivity (Wildman–Crippen MR) is 92.1 cm³/mol. The fourth-order valence-electron chi connectivity index (χ4n) is 2.04. The van der Waals surface area contributed by atoms with Crippen LogP contribution in [0.2, 0.25) is 0 Å². The van der Waals surface area contributed by atoms with E-state index >= 15 is 0 Å². The van der Waals surface area contributed by atoms with Gasteiger partial charge in [-0.2, -0.15) is 0 Å². The number of hydrogen-bond donors (Lipinski definition) is 1. The molecule has 0 bridgehead atoms. The smallest absolute Gasteiger partial charge is 0.265 e. The summed E-state index contributed by atoms with van der Waals surface area (Å²) in [7, 11) is 0. The standard InChI is InChI=1S/C19H23NO3/c1-4-12-22-17-10-8-16(9-11-17)20-19(21)15(3)23-18-7-5-6-14(2)13-18/h5-11,13,15H,4,12H2,1-3H3,(H,20,21). The molecular weight excluding hydrogens is 290 g/mol. The van der Waals surface area contributed by atoms with E-state index < -0.39 is 6.10 Å². The summed E-state index contributed by atoms with van der Waals surface area (Å²) in [4.78, 5) is 12.2. The maximum atomic E-state index is 12.2. The van der Waals surface area contributed by atoms with Crippen molar-refractivity contribution in [3.8, 4) is 11.5 Å². The number of hydrogen-bond acceptors (Lipinski definition) is 3. The van der Waals surface area contributed by atoms with Crippen LogP contribution in [-0.4, -0.2) is 18.6 Å². The van der Waals surface area contributed by atoms with Gasteiger partial charge in [0.25, 0.3) is 5.91 Å². The molecule has 0 saturated heterocycles. The quantitative estimate of drug-likeness (QED) is 0.833. The van der Waals surface area contributed by atoms with Gasteiger partial charge < -0.3 is 14.8 Å². The van der Waals surface area contributed by atoms with E-state index in [2.05, 4.69) is 12.2 Å². The van der Waals surface area contributed by atoms with Crippen LogP contribution in [0.25, 0.3) is 0 Å². The van der Waals surface area contributed by atoms with E-state index in [1.165, 1.54) is 0 Å². The summed E-state index contributed by atoms with van der Waals surface area (Å²) >= 11 is 0. The van der Waals surface area contributed by atoms with Gasteiger partial charge in [0, 0.05) is 5.69 Å². The lowest BCUT2D eigenvalue weighted by molar-refractivity contribution is -0.122. The molecule has 0 fully saturated rings. The Morgan fingerprint density at radius 1 is 1.13 bits per heavy atom. The van der Waals surface area contributed by atoms with E-state index in [1.807, 2.05) is 55.5 Å².